The van der Waals surface area contributed by atoms with Gasteiger partial charge >= 0.3 is 5.97 Å². The topological polar surface area (TPSA) is 46.5 Å². The third-order valence-corrected chi connectivity index (χ3v) is 3.50. The van der Waals surface area contributed by atoms with Gasteiger partial charge < -0.3 is 9.84 Å². The van der Waals surface area contributed by atoms with Gasteiger partial charge in [0.1, 0.15) is 5.75 Å². The molecule has 0 amide bonds. The van der Waals surface area contributed by atoms with Crippen molar-refractivity contribution in [2.75, 3.05) is 6.61 Å². The number of carbonyl (C=O) groups is 1. The molecule has 0 bridgehead atoms. The number of carboxylic acid groups (broad SMARTS) is 1. The quantitative estimate of drug-likeness (QED) is 0.843. The van der Waals surface area contributed by atoms with Crippen LogP contribution in [0.25, 0.3) is 0 Å². The molecule has 1 atom stereocenters. The first-order valence-corrected chi connectivity index (χ1v) is 5.66. The minimum Gasteiger partial charge on any atom is -0.491 e. The highest BCUT2D eigenvalue weighted by Crippen LogP contribution is 2.47. The lowest BCUT2D eigenvalue weighted by Gasteiger charge is -2.09. The van der Waals surface area contributed by atoms with E-state index in [0.717, 1.165) is 0 Å². The van der Waals surface area contributed by atoms with Gasteiger partial charge in [-0.3, -0.25) is 4.79 Å². The van der Waals surface area contributed by atoms with Crippen LogP contribution in [0, 0.1) is 0 Å². The molecule has 1 aliphatic heterocycles. The molecule has 1 aliphatic rings. The minimum absolute atomic E-state index is 0.0522. The number of rotatable bonds is 2. The van der Waals surface area contributed by atoms with Crippen LogP contribution in [0.1, 0.15) is 17.9 Å². The van der Waals surface area contributed by atoms with E-state index < -0.39 is 5.97 Å². The number of hydrogen-bond donors (Lipinski definition) is 1. The summed E-state index contributed by atoms with van der Waals surface area (Å²) >= 11 is 17.8. The summed E-state index contributed by atoms with van der Waals surface area (Å²) in [5.74, 6) is -0.757. The maximum absolute atomic E-state index is 10.7. The molecule has 86 valence electrons. The Bertz CT molecular complexity index is 459. The van der Waals surface area contributed by atoms with Crippen molar-refractivity contribution in [2.45, 2.75) is 12.3 Å². The van der Waals surface area contributed by atoms with E-state index in [2.05, 4.69) is 0 Å². The molecule has 0 aliphatic carbocycles. The van der Waals surface area contributed by atoms with Gasteiger partial charge in [0.2, 0.25) is 0 Å². The summed E-state index contributed by atoms with van der Waals surface area (Å²) < 4.78 is 5.34. The molecule has 0 radical (unpaired) electrons. The average molecular weight is 282 g/mol. The van der Waals surface area contributed by atoms with Crippen molar-refractivity contribution < 1.29 is 14.6 Å². The Kier molecular flexibility index (Phi) is 3.19. The molecule has 2 rings (SSSR count). The minimum atomic E-state index is -0.909. The Morgan fingerprint density at radius 2 is 2.12 bits per heavy atom. The predicted octanol–water partition coefficient (Wildman–Crippen LogP) is 3.60. The molecule has 6 heteroatoms. The highest BCUT2D eigenvalue weighted by Gasteiger charge is 2.31. The average Bonchev–Trinajstić information content (AvgIpc) is 2.58. The van der Waals surface area contributed by atoms with Gasteiger partial charge in [-0.25, -0.2) is 0 Å². The smallest absolute Gasteiger partial charge is 0.304 e. The highest BCUT2D eigenvalue weighted by atomic mass is 35.5. The Hall–Kier alpha value is -0.640. The van der Waals surface area contributed by atoms with Crippen LogP contribution >= 0.6 is 34.8 Å². The molecule has 0 unspecified atom stereocenters. The molecule has 16 heavy (non-hydrogen) atoms. The summed E-state index contributed by atoms with van der Waals surface area (Å²) in [7, 11) is 0. The SMILES string of the molecule is O=C(O)C[C@H]1COc2c(Cl)cc(Cl)c(Cl)c21. The maximum Gasteiger partial charge on any atom is 0.304 e. The molecule has 0 saturated heterocycles. The third kappa shape index (κ3) is 1.95. The van der Waals surface area contributed by atoms with Crippen LogP contribution in [-0.4, -0.2) is 17.7 Å². The van der Waals surface area contributed by atoms with Gasteiger partial charge in [-0.2, -0.15) is 0 Å². The molecule has 0 fully saturated rings. The Morgan fingerprint density at radius 1 is 1.44 bits per heavy atom. The van der Waals surface area contributed by atoms with Gasteiger partial charge in [-0.1, -0.05) is 34.8 Å². The summed E-state index contributed by atoms with van der Waals surface area (Å²) in [5.41, 5.74) is 0.599. The van der Waals surface area contributed by atoms with Crippen LogP contribution in [0.5, 0.6) is 5.75 Å². The normalized spacial score (nSPS) is 18.1. The number of benzene rings is 1. The van der Waals surface area contributed by atoms with Crippen molar-refractivity contribution in [1.82, 2.24) is 0 Å². The standard InChI is InChI=1S/C10H7Cl3O3/c11-5-2-6(12)10-8(9(5)13)4(3-16-10)1-7(14)15/h2,4H,1,3H2,(H,14,15)/t4-/m0/s1. The van der Waals surface area contributed by atoms with Gasteiger partial charge in [-0.15, -0.1) is 0 Å². The zero-order chi connectivity index (χ0) is 11.9. The summed E-state index contributed by atoms with van der Waals surface area (Å²) in [6.07, 6.45) is -0.0522. The van der Waals surface area contributed by atoms with E-state index in [4.69, 9.17) is 44.6 Å². The van der Waals surface area contributed by atoms with Crippen LogP contribution in [0.15, 0.2) is 6.07 Å². The molecule has 1 aromatic rings. The zero-order valence-corrected chi connectivity index (χ0v) is 10.2. The monoisotopic (exact) mass is 280 g/mol. The molecule has 1 N–H and O–H groups in total. The van der Waals surface area contributed by atoms with Crippen molar-refractivity contribution >= 4 is 40.8 Å². The van der Waals surface area contributed by atoms with E-state index in [9.17, 15) is 4.79 Å². The first-order chi connectivity index (χ1) is 7.50. The molecule has 3 nitrogen and oxygen atoms in total. The fourth-order valence-electron chi connectivity index (χ4n) is 1.75. The number of halogens is 3. The highest BCUT2D eigenvalue weighted by molar-refractivity contribution is 6.44. The van der Waals surface area contributed by atoms with Crippen LogP contribution < -0.4 is 4.74 Å². The molecule has 1 heterocycles. The fourth-order valence-corrected chi connectivity index (χ4v) is 2.57. The maximum atomic E-state index is 10.7. The first kappa shape index (κ1) is 11.8. The molecule has 0 spiro atoms. The van der Waals surface area contributed by atoms with E-state index in [-0.39, 0.29) is 18.9 Å². The number of hydrogen-bond acceptors (Lipinski definition) is 2. The molecular weight excluding hydrogens is 274 g/mol. The van der Waals surface area contributed by atoms with E-state index in [0.29, 0.717) is 26.4 Å². The largest absolute Gasteiger partial charge is 0.491 e. The number of aliphatic carboxylic acids is 1. The number of fused-ring (bicyclic) bond motifs is 1. The Balaban J connectivity index is 2.48. The summed E-state index contributed by atoms with van der Waals surface area (Å²) in [5, 5.41) is 9.76. The van der Waals surface area contributed by atoms with E-state index in [1.807, 2.05) is 0 Å². The Morgan fingerprint density at radius 3 is 2.75 bits per heavy atom. The van der Waals surface area contributed by atoms with Crippen LogP contribution in [0.2, 0.25) is 15.1 Å². The molecule has 0 aromatic heterocycles. The van der Waals surface area contributed by atoms with E-state index >= 15 is 0 Å². The first-order valence-electron chi connectivity index (χ1n) is 4.52. The van der Waals surface area contributed by atoms with Gasteiger partial charge in [0, 0.05) is 11.5 Å². The van der Waals surface area contributed by atoms with Gasteiger partial charge in [0.15, 0.2) is 0 Å². The van der Waals surface area contributed by atoms with Crippen molar-refractivity contribution in [3.8, 4) is 5.75 Å². The second kappa shape index (κ2) is 4.32. The summed E-state index contributed by atoms with van der Waals surface area (Å²) in [6.45, 7) is 0.265. The number of carboxylic acids is 1. The lowest BCUT2D eigenvalue weighted by Crippen LogP contribution is -2.07. The molecule has 1 aromatic carbocycles. The van der Waals surface area contributed by atoms with Crippen molar-refractivity contribution in [2.24, 2.45) is 0 Å². The summed E-state index contributed by atoms with van der Waals surface area (Å²) in [6, 6.07) is 1.49. The lowest BCUT2D eigenvalue weighted by atomic mass is 9.98. The molecule has 0 saturated carbocycles. The van der Waals surface area contributed by atoms with Gasteiger partial charge in [-0.05, 0) is 6.07 Å². The van der Waals surface area contributed by atoms with Crippen molar-refractivity contribution in [3.63, 3.8) is 0 Å². The predicted molar refractivity (Wildman–Crippen MR) is 62.0 cm³/mol. The van der Waals surface area contributed by atoms with E-state index in [1.54, 1.807) is 0 Å². The van der Waals surface area contributed by atoms with Crippen LogP contribution in [0.4, 0.5) is 0 Å². The fraction of sp³-hybridized carbons (Fsp3) is 0.300. The zero-order valence-electron chi connectivity index (χ0n) is 7.97. The van der Waals surface area contributed by atoms with Crippen molar-refractivity contribution in [3.05, 3.63) is 26.7 Å². The van der Waals surface area contributed by atoms with Crippen molar-refractivity contribution in [1.29, 1.82) is 0 Å². The number of ether oxygens (including phenoxy) is 1. The summed E-state index contributed by atoms with van der Waals surface area (Å²) in [4.78, 5) is 10.7. The van der Waals surface area contributed by atoms with Crippen LogP contribution in [0.3, 0.4) is 0 Å². The van der Waals surface area contributed by atoms with Gasteiger partial charge in [0.25, 0.3) is 0 Å². The Labute approximate surface area is 107 Å². The lowest BCUT2D eigenvalue weighted by molar-refractivity contribution is -0.137. The molecular formula is C10H7Cl3O3. The van der Waals surface area contributed by atoms with Gasteiger partial charge in [0.05, 0.1) is 28.1 Å². The van der Waals surface area contributed by atoms with Crippen LogP contribution in [-0.2, 0) is 4.79 Å². The van der Waals surface area contributed by atoms with E-state index in [1.165, 1.54) is 6.07 Å². The second-order valence-electron chi connectivity index (χ2n) is 3.50. The third-order valence-electron chi connectivity index (χ3n) is 2.42. The second-order valence-corrected chi connectivity index (χ2v) is 4.70.